The number of nitrogens with zero attached hydrogens (tertiary/aromatic N) is 2. The number of hydrogen-bond donors (Lipinski definition) is 2. The molecule has 1 fully saturated rings. The van der Waals surface area contributed by atoms with Gasteiger partial charge in [-0.05, 0) is 63.3 Å². The second kappa shape index (κ2) is 11.9. The molecule has 190 valence electrons. The fourth-order valence-corrected chi connectivity index (χ4v) is 4.08. The van der Waals surface area contributed by atoms with Crippen LogP contribution < -0.4 is 16.0 Å². The number of thiophene rings is 1. The maximum atomic E-state index is 12.6. The summed E-state index contributed by atoms with van der Waals surface area (Å²) in [7, 11) is 0. The molecular formula is C24H29F3N4O3S. The van der Waals surface area contributed by atoms with E-state index < -0.39 is 35.4 Å². The Kier molecular flexibility index (Phi) is 9.54. The third-order valence-corrected chi connectivity index (χ3v) is 5.81. The van der Waals surface area contributed by atoms with Crippen molar-refractivity contribution in [3.05, 3.63) is 51.7 Å². The number of hydrogen-bond acceptors (Lipinski definition) is 6. The molecule has 0 spiro atoms. The first-order valence-corrected chi connectivity index (χ1v) is 11.9. The molecule has 2 heterocycles. The molecule has 2 aromatic rings. The molecule has 0 aliphatic carbocycles. The number of nitrogens with one attached hydrogen (secondary N) is 1. The van der Waals surface area contributed by atoms with Gasteiger partial charge in [0, 0.05) is 24.4 Å². The molecule has 1 aliphatic heterocycles. The number of alkyl carbamates (subject to hydrolysis) is 1. The van der Waals surface area contributed by atoms with Crippen LogP contribution >= 0.6 is 11.3 Å². The number of nitriles is 1. The molecule has 11 heteroatoms. The molecule has 1 atom stereocenters. The first-order chi connectivity index (χ1) is 16.3. The predicted octanol–water partition coefficient (Wildman–Crippen LogP) is 4.85. The molecule has 1 saturated heterocycles. The fraction of sp³-hybridized carbons (Fsp3) is 0.458. The Morgan fingerprint density at radius 3 is 2.37 bits per heavy atom. The van der Waals surface area contributed by atoms with Crippen molar-refractivity contribution in [2.75, 3.05) is 18.0 Å². The van der Waals surface area contributed by atoms with Gasteiger partial charge in [-0.2, -0.15) is 18.4 Å². The number of carbonyl (C=O) groups is 2. The van der Waals surface area contributed by atoms with Gasteiger partial charge >= 0.3 is 12.3 Å². The fourth-order valence-electron chi connectivity index (χ4n) is 3.32. The summed E-state index contributed by atoms with van der Waals surface area (Å²) in [6.45, 7) is 6.70. The van der Waals surface area contributed by atoms with Crippen LogP contribution in [0.5, 0.6) is 0 Å². The van der Waals surface area contributed by atoms with Gasteiger partial charge in [-0.3, -0.25) is 4.79 Å². The number of benzene rings is 1. The van der Waals surface area contributed by atoms with E-state index in [2.05, 4.69) is 5.32 Å². The molecule has 0 unspecified atom stereocenters. The molecule has 3 N–H and O–H groups in total. The number of primary amides is 1. The number of anilines is 1. The van der Waals surface area contributed by atoms with Gasteiger partial charge in [0.05, 0.1) is 16.8 Å². The number of alkyl halides is 3. The van der Waals surface area contributed by atoms with Crippen molar-refractivity contribution in [2.45, 2.75) is 57.9 Å². The zero-order valence-corrected chi connectivity index (χ0v) is 20.6. The maximum Gasteiger partial charge on any atom is 0.416 e. The van der Waals surface area contributed by atoms with Gasteiger partial charge in [0.25, 0.3) is 0 Å². The largest absolute Gasteiger partial charge is 0.444 e. The quantitative estimate of drug-likeness (QED) is 0.598. The first-order valence-electron chi connectivity index (χ1n) is 11.0. The minimum Gasteiger partial charge on any atom is -0.444 e. The molecule has 1 aromatic carbocycles. The normalized spacial score (nSPS) is 14.4. The number of rotatable bonds is 5. The van der Waals surface area contributed by atoms with Crippen molar-refractivity contribution in [3.63, 3.8) is 0 Å². The number of nitrogens with two attached hydrogens (primary N) is 1. The molecule has 2 amide bonds. The highest BCUT2D eigenvalue weighted by atomic mass is 32.1. The first kappa shape index (κ1) is 28.0. The van der Waals surface area contributed by atoms with Gasteiger partial charge in [-0.1, -0.05) is 6.07 Å². The second-order valence-corrected chi connectivity index (χ2v) is 9.95. The van der Waals surface area contributed by atoms with Gasteiger partial charge in [-0.15, -0.1) is 11.3 Å². The SMILES string of the molecule is CC(C)(C)OC(=O)N[C@@H](Cc1cccs1)C(N)=O.N#Cc1ccc(C(F)(F)F)cc1N1CCCC1. The molecule has 3 rings (SSSR count). The van der Waals surface area contributed by atoms with Crippen molar-refractivity contribution < 1.29 is 27.5 Å². The van der Waals surface area contributed by atoms with Crippen LogP contribution in [-0.2, 0) is 22.1 Å². The van der Waals surface area contributed by atoms with E-state index in [1.54, 1.807) is 20.8 Å². The summed E-state index contributed by atoms with van der Waals surface area (Å²) < 4.78 is 42.9. The summed E-state index contributed by atoms with van der Waals surface area (Å²) in [5, 5.41) is 13.3. The van der Waals surface area contributed by atoms with Crippen molar-refractivity contribution in [2.24, 2.45) is 5.73 Å². The van der Waals surface area contributed by atoms with Crippen molar-refractivity contribution in [1.82, 2.24) is 5.32 Å². The van der Waals surface area contributed by atoms with Crippen LogP contribution in [0.4, 0.5) is 23.7 Å². The Morgan fingerprint density at radius 1 is 1.23 bits per heavy atom. The number of carbonyl (C=O) groups excluding carboxylic acids is 2. The Morgan fingerprint density at radius 2 is 1.89 bits per heavy atom. The smallest absolute Gasteiger partial charge is 0.416 e. The summed E-state index contributed by atoms with van der Waals surface area (Å²) in [5.74, 6) is -0.575. The zero-order chi connectivity index (χ0) is 26.2. The van der Waals surface area contributed by atoms with Gasteiger partial charge < -0.3 is 20.7 Å². The van der Waals surface area contributed by atoms with Gasteiger partial charge in [-0.25, -0.2) is 4.79 Å². The Hall–Kier alpha value is -3.26. The van der Waals surface area contributed by atoms with E-state index in [1.807, 2.05) is 28.5 Å². The lowest BCUT2D eigenvalue weighted by atomic mass is 10.1. The van der Waals surface area contributed by atoms with E-state index in [4.69, 9.17) is 15.7 Å². The molecule has 0 radical (unpaired) electrons. The lowest BCUT2D eigenvalue weighted by molar-refractivity contribution is -0.137. The topological polar surface area (TPSA) is 108 Å². The van der Waals surface area contributed by atoms with Crippen LogP contribution in [0.3, 0.4) is 0 Å². The molecule has 1 aromatic heterocycles. The Labute approximate surface area is 206 Å². The maximum absolute atomic E-state index is 12.6. The highest BCUT2D eigenvalue weighted by Crippen LogP contribution is 2.34. The van der Waals surface area contributed by atoms with Crippen LogP contribution in [0.25, 0.3) is 0 Å². The number of ether oxygens (including phenoxy) is 1. The molecule has 1 aliphatic rings. The summed E-state index contributed by atoms with van der Waals surface area (Å²) in [6.07, 6.45) is -2.69. The highest BCUT2D eigenvalue weighted by molar-refractivity contribution is 7.09. The molecule has 0 saturated carbocycles. The number of amides is 2. The highest BCUT2D eigenvalue weighted by Gasteiger charge is 2.32. The van der Waals surface area contributed by atoms with E-state index in [0.717, 1.165) is 42.9 Å². The summed E-state index contributed by atoms with van der Waals surface area (Å²) in [5.41, 5.74) is 4.67. The van der Waals surface area contributed by atoms with Gasteiger partial charge in [0.15, 0.2) is 0 Å². The minimum absolute atomic E-state index is 0.305. The Bertz CT molecular complexity index is 1040. The predicted molar refractivity (Wildman–Crippen MR) is 128 cm³/mol. The zero-order valence-electron chi connectivity index (χ0n) is 19.8. The van der Waals surface area contributed by atoms with Crippen LogP contribution in [0, 0.1) is 11.3 Å². The van der Waals surface area contributed by atoms with Crippen LogP contribution in [0.15, 0.2) is 35.7 Å². The summed E-state index contributed by atoms with van der Waals surface area (Å²) >= 11 is 1.51. The lowest BCUT2D eigenvalue weighted by Gasteiger charge is -2.22. The van der Waals surface area contributed by atoms with Crippen molar-refractivity contribution in [1.29, 1.82) is 5.26 Å². The van der Waals surface area contributed by atoms with E-state index >= 15 is 0 Å². The van der Waals surface area contributed by atoms with E-state index in [1.165, 1.54) is 17.4 Å². The van der Waals surface area contributed by atoms with Crippen LogP contribution in [-0.4, -0.2) is 36.7 Å². The van der Waals surface area contributed by atoms with Crippen LogP contribution in [0.2, 0.25) is 0 Å². The van der Waals surface area contributed by atoms with E-state index in [-0.39, 0.29) is 0 Å². The van der Waals surface area contributed by atoms with Crippen molar-refractivity contribution >= 4 is 29.0 Å². The standard InChI is InChI=1S/C12H11F3N2.C12H18N2O3S/c13-12(14,15)10-4-3-9(8-16)11(7-10)17-5-1-2-6-17;1-12(2,3)17-11(16)14-9(10(13)15)7-8-5-4-6-18-8/h3-4,7H,1-2,5-6H2;4-6,9H,7H2,1-3H3,(H2,13,15)(H,14,16)/t;9-/m.0/s1. The summed E-state index contributed by atoms with van der Waals surface area (Å²) in [4.78, 5) is 25.7. The van der Waals surface area contributed by atoms with Gasteiger partial charge in [0.1, 0.15) is 17.7 Å². The third-order valence-electron chi connectivity index (χ3n) is 4.91. The second-order valence-electron chi connectivity index (χ2n) is 8.92. The van der Waals surface area contributed by atoms with E-state index in [9.17, 15) is 22.8 Å². The third kappa shape index (κ3) is 9.13. The lowest BCUT2D eigenvalue weighted by Crippen LogP contribution is -2.47. The number of halogens is 3. The Balaban J connectivity index is 0.000000247. The molecule has 35 heavy (non-hydrogen) atoms. The molecule has 0 bridgehead atoms. The van der Waals surface area contributed by atoms with Crippen molar-refractivity contribution in [3.8, 4) is 6.07 Å². The average molecular weight is 511 g/mol. The summed E-state index contributed by atoms with van der Waals surface area (Å²) in [6, 6.07) is 8.23. The average Bonchev–Trinajstić information content (AvgIpc) is 3.45. The monoisotopic (exact) mass is 510 g/mol. The molecule has 7 nitrogen and oxygen atoms in total. The molecular weight excluding hydrogens is 481 g/mol. The van der Waals surface area contributed by atoms with E-state index in [0.29, 0.717) is 17.7 Å². The van der Waals surface area contributed by atoms with Crippen LogP contribution in [0.1, 0.15) is 49.6 Å². The van der Waals surface area contributed by atoms with Gasteiger partial charge in [0.2, 0.25) is 5.91 Å². The minimum atomic E-state index is -4.36.